The van der Waals surface area contributed by atoms with Crippen LogP contribution in [0.1, 0.15) is 11.3 Å². The van der Waals surface area contributed by atoms with Crippen LogP contribution >= 0.6 is 0 Å². The molecule has 188 valence electrons. The van der Waals surface area contributed by atoms with Gasteiger partial charge in [0.05, 0.1) is 18.4 Å². The van der Waals surface area contributed by atoms with Gasteiger partial charge in [0.15, 0.2) is 23.1 Å². The first-order valence-electron chi connectivity index (χ1n) is 10.0. The van der Waals surface area contributed by atoms with Crippen molar-refractivity contribution in [3.63, 3.8) is 0 Å². The van der Waals surface area contributed by atoms with Crippen LogP contribution in [0.15, 0.2) is 43.0 Å². The lowest BCUT2D eigenvalue weighted by molar-refractivity contribution is -0.245. The Kier molecular flexibility index (Phi) is 6.26. The summed E-state index contributed by atoms with van der Waals surface area (Å²) in [6.45, 7) is -1.53. The molecule has 9 nitrogen and oxygen atoms in total. The number of imidazole rings is 1. The van der Waals surface area contributed by atoms with Gasteiger partial charge in [0.25, 0.3) is 11.5 Å². The summed E-state index contributed by atoms with van der Waals surface area (Å²) in [4.78, 5) is 27.2. The average Bonchev–Trinajstić information content (AvgIpc) is 3.29. The fourth-order valence-electron chi connectivity index (χ4n) is 3.24. The Labute approximate surface area is 197 Å². The van der Waals surface area contributed by atoms with Gasteiger partial charge in [0.1, 0.15) is 17.3 Å². The van der Waals surface area contributed by atoms with E-state index in [2.05, 4.69) is 25.7 Å². The lowest BCUT2D eigenvalue weighted by Crippen LogP contribution is -2.59. The Balaban J connectivity index is 1.71. The van der Waals surface area contributed by atoms with E-state index in [1.165, 1.54) is 23.0 Å². The fraction of sp³-hybridized carbons (Fsp3) is 0.190. The molecule has 1 aromatic carbocycles. The summed E-state index contributed by atoms with van der Waals surface area (Å²) in [5, 5.41) is 11.6. The van der Waals surface area contributed by atoms with Gasteiger partial charge < -0.3 is 20.6 Å². The minimum Gasteiger partial charge on any atom is -0.371 e. The smallest absolute Gasteiger partial charge is 0.371 e. The van der Waals surface area contributed by atoms with E-state index in [1.54, 1.807) is 0 Å². The van der Waals surface area contributed by atoms with Gasteiger partial charge in [-0.3, -0.25) is 4.79 Å². The number of carbonyl (C=O) groups is 1. The van der Waals surface area contributed by atoms with Gasteiger partial charge in [0.2, 0.25) is 0 Å². The SMILES string of the molecule is NC(=O)C(O)(CNc1nc(-c2cn3ccnc3c(Cc3cc(F)ccc3F)n2)ncc1F)C(F)(F)F. The number of nitrogens with zero attached hydrogens (tertiary/aromatic N) is 5. The van der Waals surface area contributed by atoms with E-state index in [4.69, 9.17) is 0 Å². The molecule has 0 spiro atoms. The molecule has 0 saturated heterocycles. The number of hydrogen-bond acceptors (Lipinski definition) is 7. The van der Waals surface area contributed by atoms with Gasteiger partial charge in [-0.25, -0.2) is 33.1 Å². The molecule has 0 aliphatic heterocycles. The summed E-state index contributed by atoms with van der Waals surface area (Å²) in [5.74, 6) is -5.71. The van der Waals surface area contributed by atoms with Gasteiger partial charge in [-0.15, -0.1) is 0 Å². The minimum atomic E-state index is -5.45. The number of carbonyl (C=O) groups excluding carboxylic acids is 1. The number of aromatic nitrogens is 5. The molecule has 3 aromatic heterocycles. The topological polar surface area (TPSA) is 131 Å². The van der Waals surface area contributed by atoms with Crippen molar-refractivity contribution in [1.29, 1.82) is 0 Å². The van der Waals surface area contributed by atoms with Crippen molar-refractivity contribution in [2.75, 3.05) is 11.9 Å². The Morgan fingerprint density at radius 2 is 1.86 bits per heavy atom. The second-order valence-corrected chi connectivity index (χ2v) is 7.61. The quantitative estimate of drug-likeness (QED) is 0.325. The van der Waals surface area contributed by atoms with Crippen LogP contribution in [0.4, 0.5) is 32.2 Å². The molecule has 4 N–H and O–H groups in total. The number of primary amides is 1. The molecular weight excluding hydrogens is 496 g/mol. The van der Waals surface area contributed by atoms with Crippen LogP contribution in [0, 0.1) is 17.5 Å². The molecule has 1 unspecified atom stereocenters. The Morgan fingerprint density at radius 3 is 2.56 bits per heavy atom. The number of hydrogen-bond donors (Lipinski definition) is 3. The zero-order valence-corrected chi connectivity index (χ0v) is 17.9. The number of halogens is 6. The normalized spacial score (nSPS) is 13.5. The molecule has 15 heteroatoms. The first-order valence-corrected chi connectivity index (χ1v) is 10.0. The molecule has 0 aliphatic carbocycles. The first kappa shape index (κ1) is 24.8. The summed E-state index contributed by atoms with van der Waals surface area (Å²) in [6.07, 6.45) is -0.722. The number of aliphatic hydroxyl groups is 1. The predicted molar refractivity (Wildman–Crippen MR) is 112 cm³/mol. The molecule has 0 bridgehead atoms. The Hall–Kier alpha value is -4.27. The Bertz CT molecular complexity index is 1460. The van der Waals surface area contributed by atoms with Crippen molar-refractivity contribution in [2.45, 2.75) is 18.2 Å². The third-order valence-electron chi connectivity index (χ3n) is 5.17. The lowest BCUT2D eigenvalue weighted by Gasteiger charge is -2.27. The third-order valence-corrected chi connectivity index (χ3v) is 5.17. The van der Waals surface area contributed by atoms with Gasteiger partial charge in [-0.2, -0.15) is 13.2 Å². The number of nitrogens with one attached hydrogen (secondary N) is 1. The molecule has 4 aromatic rings. The first-order chi connectivity index (χ1) is 16.9. The van der Waals surface area contributed by atoms with E-state index >= 15 is 0 Å². The molecule has 0 saturated carbocycles. The van der Waals surface area contributed by atoms with Crippen LogP contribution < -0.4 is 11.1 Å². The number of benzene rings is 1. The molecule has 1 atom stereocenters. The van der Waals surface area contributed by atoms with Crippen molar-refractivity contribution in [2.24, 2.45) is 5.73 Å². The molecular formula is C21H15F6N7O2. The summed E-state index contributed by atoms with van der Waals surface area (Å²) in [6, 6.07) is 2.89. The molecule has 0 aliphatic rings. The summed E-state index contributed by atoms with van der Waals surface area (Å²) >= 11 is 0. The van der Waals surface area contributed by atoms with Crippen LogP contribution in [-0.2, 0) is 11.2 Å². The second kappa shape index (κ2) is 9.07. The van der Waals surface area contributed by atoms with Gasteiger partial charge in [0, 0.05) is 25.0 Å². The maximum Gasteiger partial charge on any atom is 0.428 e. The lowest BCUT2D eigenvalue weighted by atomic mass is 10.0. The van der Waals surface area contributed by atoms with E-state index < -0.39 is 47.5 Å². The van der Waals surface area contributed by atoms with Gasteiger partial charge >= 0.3 is 6.18 Å². The monoisotopic (exact) mass is 511 g/mol. The van der Waals surface area contributed by atoms with Crippen molar-refractivity contribution < 1.29 is 36.2 Å². The van der Waals surface area contributed by atoms with Crippen LogP contribution in [0.25, 0.3) is 17.2 Å². The summed E-state index contributed by atoms with van der Waals surface area (Å²) < 4.78 is 82.8. The van der Waals surface area contributed by atoms with E-state index in [9.17, 15) is 36.2 Å². The van der Waals surface area contributed by atoms with E-state index in [-0.39, 0.29) is 29.2 Å². The Morgan fingerprint density at radius 1 is 1.11 bits per heavy atom. The minimum absolute atomic E-state index is 0.0173. The standard InChI is InChI=1S/C21H15F6N7O2/c22-11-1-2-12(23)10(5-11)6-14-18-29-3-4-34(18)8-15(32-14)17-30-7-13(24)16(33-17)31-9-20(36,19(28)35)21(25,26)27/h1-5,7-8,36H,6,9H2,(H2,28,35)(H,30,31,33). The number of fused-ring (bicyclic) bond motifs is 1. The van der Waals surface area contributed by atoms with Gasteiger partial charge in [-0.05, 0) is 23.8 Å². The number of alkyl halides is 3. The largest absolute Gasteiger partial charge is 0.428 e. The van der Waals surface area contributed by atoms with Crippen LogP contribution in [0.2, 0.25) is 0 Å². The van der Waals surface area contributed by atoms with Crippen LogP contribution in [0.3, 0.4) is 0 Å². The van der Waals surface area contributed by atoms with Crippen molar-refractivity contribution >= 4 is 17.4 Å². The van der Waals surface area contributed by atoms with Crippen molar-refractivity contribution in [3.8, 4) is 11.5 Å². The number of rotatable bonds is 7. The summed E-state index contributed by atoms with van der Waals surface area (Å²) in [5.41, 5.74) is 1.10. The predicted octanol–water partition coefficient (Wildman–Crippen LogP) is 2.39. The van der Waals surface area contributed by atoms with Gasteiger partial charge in [-0.1, -0.05) is 0 Å². The highest BCUT2D eigenvalue weighted by atomic mass is 19.4. The van der Waals surface area contributed by atoms with Crippen molar-refractivity contribution in [1.82, 2.24) is 24.3 Å². The zero-order chi connectivity index (χ0) is 26.3. The highest BCUT2D eigenvalue weighted by Crippen LogP contribution is 2.31. The molecule has 1 amide bonds. The van der Waals surface area contributed by atoms with E-state index in [0.717, 1.165) is 18.2 Å². The van der Waals surface area contributed by atoms with E-state index in [1.807, 2.05) is 5.32 Å². The molecule has 0 fully saturated rings. The third kappa shape index (κ3) is 4.64. The molecule has 4 rings (SSSR count). The average molecular weight is 511 g/mol. The molecule has 0 radical (unpaired) electrons. The number of amides is 1. The van der Waals surface area contributed by atoms with Crippen LogP contribution in [-0.4, -0.2) is 53.7 Å². The van der Waals surface area contributed by atoms with Crippen molar-refractivity contribution in [3.05, 3.63) is 71.7 Å². The highest BCUT2D eigenvalue weighted by Gasteiger charge is 2.58. The number of nitrogens with two attached hydrogens (primary N) is 1. The van der Waals surface area contributed by atoms with E-state index in [0.29, 0.717) is 11.8 Å². The highest BCUT2D eigenvalue weighted by molar-refractivity contribution is 5.85. The number of anilines is 1. The fourth-order valence-corrected chi connectivity index (χ4v) is 3.24. The molecule has 3 heterocycles. The maximum atomic E-state index is 14.2. The second-order valence-electron chi connectivity index (χ2n) is 7.61. The zero-order valence-electron chi connectivity index (χ0n) is 17.9. The summed E-state index contributed by atoms with van der Waals surface area (Å²) in [7, 11) is 0. The van der Waals surface area contributed by atoms with Crippen LogP contribution in [0.5, 0.6) is 0 Å². The molecule has 36 heavy (non-hydrogen) atoms. The maximum absolute atomic E-state index is 14.2.